The van der Waals surface area contributed by atoms with Gasteiger partial charge in [-0.05, 0) is 31.4 Å². The van der Waals surface area contributed by atoms with E-state index in [4.69, 9.17) is 5.11 Å². The Balaban J connectivity index is 1.40. The van der Waals surface area contributed by atoms with Gasteiger partial charge in [-0.1, -0.05) is 44.6 Å². The Labute approximate surface area is 199 Å². The Morgan fingerprint density at radius 2 is 1.62 bits per heavy atom. The zero-order valence-electron chi connectivity index (χ0n) is 19.4. The average molecular weight is 472 g/mol. The molecular formula is C25H33N3O6. The van der Waals surface area contributed by atoms with Gasteiger partial charge in [-0.3, -0.25) is 29.3 Å². The molecule has 0 aliphatic carbocycles. The van der Waals surface area contributed by atoms with E-state index in [1.807, 2.05) is 0 Å². The molecule has 3 N–H and O–H groups in total. The lowest BCUT2D eigenvalue weighted by Gasteiger charge is -2.29. The molecule has 2 aliphatic rings. The quantitative estimate of drug-likeness (QED) is 0.298. The SMILES string of the molecule is O=C(O)CCCCCCCCCCC(=O)Nc1cccc2c1CN(C1CCC(=O)NC1=O)C2=O. The number of nitrogens with zero attached hydrogens (tertiary/aromatic N) is 1. The number of carboxylic acids is 1. The van der Waals surface area contributed by atoms with Crippen LogP contribution < -0.4 is 10.6 Å². The molecule has 3 rings (SSSR count). The molecule has 1 fully saturated rings. The Morgan fingerprint density at radius 3 is 2.26 bits per heavy atom. The summed E-state index contributed by atoms with van der Waals surface area (Å²) in [6.07, 6.45) is 8.80. The van der Waals surface area contributed by atoms with E-state index in [0.717, 1.165) is 51.4 Å². The van der Waals surface area contributed by atoms with Gasteiger partial charge in [0.05, 0.1) is 0 Å². The van der Waals surface area contributed by atoms with Gasteiger partial charge in [-0.15, -0.1) is 0 Å². The van der Waals surface area contributed by atoms with E-state index in [2.05, 4.69) is 10.6 Å². The summed E-state index contributed by atoms with van der Waals surface area (Å²) in [5, 5.41) is 13.8. The van der Waals surface area contributed by atoms with Crippen molar-refractivity contribution in [3.05, 3.63) is 29.3 Å². The number of unbranched alkanes of at least 4 members (excludes halogenated alkanes) is 7. The van der Waals surface area contributed by atoms with E-state index >= 15 is 0 Å². The van der Waals surface area contributed by atoms with Crippen molar-refractivity contribution in [3.63, 3.8) is 0 Å². The van der Waals surface area contributed by atoms with Crippen LogP contribution in [0.3, 0.4) is 0 Å². The number of hydrogen-bond acceptors (Lipinski definition) is 5. The molecule has 1 unspecified atom stereocenters. The molecule has 9 heteroatoms. The van der Waals surface area contributed by atoms with Gasteiger partial charge in [0.25, 0.3) is 5.91 Å². The van der Waals surface area contributed by atoms with E-state index in [-0.39, 0.29) is 37.1 Å². The summed E-state index contributed by atoms with van der Waals surface area (Å²) in [6, 6.07) is 4.50. The highest BCUT2D eigenvalue weighted by atomic mass is 16.4. The van der Waals surface area contributed by atoms with Gasteiger partial charge in [0.15, 0.2) is 0 Å². The van der Waals surface area contributed by atoms with Crippen molar-refractivity contribution in [3.8, 4) is 0 Å². The summed E-state index contributed by atoms with van der Waals surface area (Å²) < 4.78 is 0. The van der Waals surface area contributed by atoms with E-state index < -0.39 is 17.9 Å². The van der Waals surface area contributed by atoms with Gasteiger partial charge < -0.3 is 15.3 Å². The molecule has 4 amide bonds. The minimum Gasteiger partial charge on any atom is -0.481 e. The molecule has 0 radical (unpaired) electrons. The van der Waals surface area contributed by atoms with Crippen LogP contribution in [0.5, 0.6) is 0 Å². The number of amides is 4. The Hall–Kier alpha value is -3.23. The molecule has 1 atom stereocenters. The number of nitrogens with one attached hydrogen (secondary N) is 2. The molecule has 0 aromatic heterocycles. The number of anilines is 1. The third-order valence-corrected chi connectivity index (χ3v) is 6.40. The molecule has 9 nitrogen and oxygen atoms in total. The predicted octanol–water partition coefficient (Wildman–Crippen LogP) is 3.37. The van der Waals surface area contributed by atoms with Crippen LogP contribution >= 0.6 is 0 Å². The predicted molar refractivity (Wildman–Crippen MR) is 125 cm³/mol. The number of aliphatic carboxylic acids is 1. The third kappa shape index (κ3) is 6.88. The van der Waals surface area contributed by atoms with Crippen molar-refractivity contribution in [2.24, 2.45) is 0 Å². The number of carbonyl (C=O) groups excluding carboxylic acids is 4. The van der Waals surface area contributed by atoms with Crippen LogP contribution in [0.25, 0.3) is 0 Å². The molecular weight excluding hydrogens is 438 g/mol. The van der Waals surface area contributed by atoms with Crippen LogP contribution in [0.1, 0.15) is 93.0 Å². The van der Waals surface area contributed by atoms with Crippen molar-refractivity contribution >= 4 is 35.3 Å². The zero-order valence-corrected chi connectivity index (χ0v) is 19.4. The van der Waals surface area contributed by atoms with E-state index in [0.29, 0.717) is 29.7 Å². The van der Waals surface area contributed by atoms with Gasteiger partial charge in [-0.25, -0.2) is 0 Å². The number of hydrogen-bond donors (Lipinski definition) is 3. The number of carbonyl (C=O) groups is 5. The van der Waals surface area contributed by atoms with Gasteiger partial charge in [0, 0.05) is 42.6 Å². The summed E-state index contributed by atoms with van der Waals surface area (Å²) in [5.74, 6) is -1.88. The van der Waals surface area contributed by atoms with E-state index in [1.165, 1.54) is 4.90 Å². The lowest BCUT2D eigenvalue weighted by Crippen LogP contribution is -2.52. The molecule has 184 valence electrons. The van der Waals surface area contributed by atoms with Crippen LogP contribution in [0.15, 0.2) is 18.2 Å². The minimum atomic E-state index is -0.739. The third-order valence-electron chi connectivity index (χ3n) is 6.40. The largest absolute Gasteiger partial charge is 0.481 e. The summed E-state index contributed by atoms with van der Waals surface area (Å²) in [5.41, 5.74) is 1.77. The van der Waals surface area contributed by atoms with Crippen LogP contribution in [-0.4, -0.2) is 45.6 Å². The zero-order chi connectivity index (χ0) is 24.5. The monoisotopic (exact) mass is 471 g/mol. The second-order valence-corrected chi connectivity index (χ2v) is 9.00. The van der Waals surface area contributed by atoms with Crippen molar-refractivity contribution in [2.45, 2.75) is 89.6 Å². The molecule has 1 aromatic rings. The van der Waals surface area contributed by atoms with Gasteiger partial charge in [-0.2, -0.15) is 0 Å². The fourth-order valence-electron chi connectivity index (χ4n) is 4.54. The first-order chi connectivity index (χ1) is 16.4. The lowest BCUT2D eigenvalue weighted by molar-refractivity contribution is -0.138. The molecule has 2 aliphatic heterocycles. The Kier molecular flexibility index (Phi) is 9.18. The fourth-order valence-corrected chi connectivity index (χ4v) is 4.54. The van der Waals surface area contributed by atoms with Crippen LogP contribution in [0.4, 0.5) is 5.69 Å². The summed E-state index contributed by atoms with van der Waals surface area (Å²) in [4.78, 5) is 60.9. The highest BCUT2D eigenvalue weighted by Crippen LogP contribution is 2.32. The van der Waals surface area contributed by atoms with Crippen LogP contribution in [-0.2, 0) is 25.7 Å². The highest BCUT2D eigenvalue weighted by Gasteiger charge is 2.39. The molecule has 1 saturated heterocycles. The van der Waals surface area contributed by atoms with Crippen molar-refractivity contribution in [1.29, 1.82) is 0 Å². The van der Waals surface area contributed by atoms with E-state index in [9.17, 15) is 24.0 Å². The van der Waals surface area contributed by atoms with Crippen molar-refractivity contribution < 1.29 is 29.1 Å². The fraction of sp³-hybridized carbons (Fsp3) is 0.560. The maximum absolute atomic E-state index is 12.9. The number of imide groups is 1. The number of carboxylic acid groups (broad SMARTS) is 1. The first kappa shape index (κ1) is 25.4. The van der Waals surface area contributed by atoms with Crippen LogP contribution in [0, 0.1) is 0 Å². The number of fused-ring (bicyclic) bond motifs is 1. The number of piperidine rings is 1. The molecule has 2 heterocycles. The number of rotatable bonds is 13. The standard InChI is InChI=1S/C25H33N3O6/c29-21(12-7-5-3-1-2-4-6-8-13-23(31)32)26-19-11-9-10-17-18(19)16-28(25(17)34)20-14-15-22(30)27-24(20)33/h9-11,20H,1-8,12-16H2,(H,26,29)(H,31,32)(H,27,30,33). The minimum absolute atomic E-state index is 0.103. The Bertz CT molecular complexity index is 945. The molecule has 0 spiro atoms. The first-order valence-corrected chi connectivity index (χ1v) is 12.1. The Morgan fingerprint density at radius 1 is 0.971 bits per heavy atom. The summed E-state index contributed by atoms with van der Waals surface area (Å²) in [6.45, 7) is 0.226. The highest BCUT2D eigenvalue weighted by molar-refractivity contribution is 6.06. The van der Waals surface area contributed by atoms with Gasteiger partial charge in [0.2, 0.25) is 17.7 Å². The van der Waals surface area contributed by atoms with E-state index in [1.54, 1.807) is 18.2 Å². The second kappa shape index (κ2) is 12.3. The lowest BCUT2D eigenvalue weighted by atomic mass is 10.0. The van der Waals surface area contributed by atoms with Gasteiger partial charge >= 0.3 is 5.97 Å². The molecule has 0 bridgehead atoms. The van der Waals surface area contributed by atoms with Crippen LogP contribution in [0.2, 0.25) is 0 Å². The summed E-state index contributed by atoms with van der Waals surface area (Å²) in [7, 11) is 0. The van der Waals surface area contributed by atoms with Crippen molar-refractivity contribution in [2.75, 3.05) is 5.32 Å². The molecule has 0 saturated carbocycles. The topological polar surface area (TPSA) is 133 Å². The van der Waals surface area contributed by atoms with Gasteiger partial charge in [0.1, 0.15) is 6.04 Å². The van der Waals surface area contributed by atoms with Crippen molar-refractivity contribution in [1.82, 2.24) is 10.2 Å². The normalized spacial score (nSPS) is 17.5. The first-order valence-electron chi connectivity index (χ1n) is 12.1. The number of benzene rings is 1. The average Bonchev–Trinajstić information content (AvgIpc) is 3.12. The summed E-state index contributed by atoms with van der Waals surface area (Å²) >= 11 is 0. The second-order valence-electron chi connectivity index (χ2n) is 9.00. The molecule has 34 heavy (non-hydrogen) atoms. The molecule has 1 aromatic carbocycles. The maximum Gasteiger partial charge on any atom is 0.303 e. The smallest absolute Gasteiger partial charge is 0.303 e. The maximum atomic E-state index is 12.9.